The van der Waals surface area contributed by atoms with Crippen molar-refractivity contribution >= 4 is 38.6 Å². The van der Waals surface area contributed by atoms with Gasteiger partial charge in [-0.05, 0) is 28.1 Å². The predicted octanol–water partition coefficient (Wildman–Crippen LogP) is 5.00. The van der Waals surface area contributed by atoms with Gasteiger partial charge in [-0.2, -0.15) is 0 Å². The van der Waals surface area contributed by atoms with E-state index in [9.17, 15) is 0 Å². The van der Waals surface area contributed by atoms with Crippen LogP contribution in [0.5, 0.6) is 0 Å². The van der Waals surface area contributed by atoms with E-state index in [1.807, 2.05) is 18.2 Å². The molecule has 2 heterocycles. The first-order valence-electron chi connectivity index (χ1n) is 6.42. The van der Waals surface area contributed by atoms with Crippen LogP contribution in [0.1, 0.15) is 25.6 Å². The highest BCUT2D eigenvalue weighted by atomic mass is 79.9. The van der Waals surface area contributed by atoms with Gasteiger partial charge in [-0.1, -0.05) is 43.8 Å². The van der Waals surface area contributed by atoms with E-state index in [4.69, 9.17) is 0 Å². The molecule has 5 heteroatoms. The summed E-state index contributed by atoms with van der Waals surface area (Å²) in [7, 11) is 0. The smallest absolute Gasteiger partial charge is 0.133 e. The van der Waals surface area contributed by atoms with E-state index in [0.717, 1.165) is 26.0 Å². The lowest BCUT2D eigenvalue weighted by Gasteiger charge is -2.06. The van der Waals surface area contributed by atoms with Crippen molar-refractivity contribution in [3.05, 3.63) is 46.8 Å². The number of aromatic nitrogens is 3. The maximum absolute atomic E-state index is 4.60. The van der Waals surface area contributed by atoms with Crippen LogP contribution in [-0.4, -0.2) is 15.0 Å². The Morgan fingerprint density at radius 2 is 1.95 bits per heavy atom. The maximum atomic E-state index is 4.60. The molecular formula is C15H14BrN3S. The van der Waals surface area contributed by atoms with Crippen LogP contribution in [0.3, 0.4) is 0 Å². The Morgan fingerprint density at radius 1 is 1.15 bits per heavy atom. The quantitative estimate of drug-likeness (QED) is 0.678. The molecule has 20 heavy (non-hydrogen) atoms. The molecule has 0 saturated carbocycles. The highest BCUT2D eigenvalue weighted by Crippen LogP contribution is 2.30. The van der Waals surface area contributed by atoms with Gasteiger partial charge in [0.05, 0.1) is 5.03 Å². The third kappa shape index (κ3) is 2.88. The summed E-state index contributed by atoms with van der Waals surface area (Å²) in [6.45, 7) is 4.19. The summed E-state index contributed by atoms with van der Waals surface area (Å²) in [6, 6.07) is 12.3. The summed E-state index contributed by atoms with van der Waals surface area (Å²) in [6.07, 6.45) is 0. The Hall–Kier alpha value is -1.33. The van der Waals surface area contributed by atoms with Gasteiger partial charge < -0.3 is 4.98 Å². The lowest BCUT2D eigenvalue weighted by molar-refractivity contribution is 0.747. The molecule has 3 aromatic rings. The Bertz CT molecular complexity index is 719. The molecule has 3 nitrogen and oxygen atoms in total. The first-order valence-corrected chi connectivity index (χ1v) is 8.03. The molecule has 0 radical (unpaired) electrons. The van der Waals surface area contributed by atoms with Crippen molar-refractivity contribution < 1.29 is 0 Å². The second-order valence-corrected chi connectivity index (χ2v) is 6.74. The molecule has 3 rings (SSSR count). The van der Waals surface area contributed by atoms with Gasteiger partial charge in [0.15, 0.2) is 0 Å². The zero-order valence-electron chi connectivity index (χ0n) is 11.2. The molecule has 0 bridgehead atoms. The first kappa shape index (κ1) is 13.6. The van der Waals surface area contributed by atoms with Crippen molar-refractivity contribution in [3.8, 4) is 0 Å². The van der Waals surface area contributed by atoms with Crippen LogP contribution in [0, 0.1) is 0 Å². The molecule has 0 spiro atoms. The van der Waals surface area contributed by atoms with E-state index >= 15 is 0 Å². The molecule has 0 unspecified atom stereocenters. The number of benzene rings is 1. The highest BCUT2D eigenvalue weighted by Gasteiger charge is 2.09. The molecule has 1 N–H and O–H groups in total. The van der Waals surface area contributed by atoms with Gasteiger partial charge in [0.25, 0.3) is 0 Å². The number of hydrogen-bond donors (Lipinski definition) is 1. The van der Waals surface area contributed by atoms with E-state index < -0.39 is 0 Å². The number of fused-ring (bicyclic) bond motifs is 1. The molecule has 2 aromatic heterocycles. The van der Waals surface area contributed by atoms with E-state index in [1.54, 1.807) is 11.8 Å². The van der Waals surface area contributed by atoms with Gasteiger partial charge in [-0.15, -0.1) is 0 Å². The molecule has 0 atom stereocenters. The number of halogens is 1. The third-order valence-corrected chi connectivity index (χ3v) is 4.19. The molecule has 0 aliphatic heterocycles. The first-order chi connectivity index (χ1) is 9.61. The van der Waals surface area contributed by atoms with Crippen molar-refractivity contribution in [2.75, 3.05) is 0 Å². The van der Waals surface area contributed by atoms with Crippen molar-refractivity contribution in [2.24, 2.45) is 0 Å². The third-order valence-electron chi connectivity index (χ3n) is 2.92. The van der Waals surface area contributed by atoms with Gasteiger partial charge >= 0.3 is 0 Å². The second-order valence-electron chi connectivity index (χ2n) is 4.86. The normalized spacial score (nSPS) is 11.4. The summed E-state index contributed by atoms with van der Waals surface area (Å²) in [4.78, 5) is 12.4. The fourth-order valence-corrected chi connectivity index (χ4v) is 3.37. The maximum Gasteiger partial charge on any atom is 0.133 e. The fourth-order valence-electron chi connectivity index (χ4n) is 1.94. The SMILES string of the molecule is CC(C)c1nc(Br)cc(Sc2cc3ccccc3[nH]2)n1. The van der Waals surface area contributed by atoms with Crippen molar-refractivity contribution in [1.29, 1.82) is 0 Å². The Labute approximate surface area is 130 Å². The largest absolute Gasteiger partial charge is 0.349 e. The van der Waals surface area contributed by atoms with Crippen LogP contribution in [0.15, 0.2) is 51.1 Å². The van der Waals surface area contributed by atoms with Crippen LogP contribution in [0.4, 0.5) is 0 Å². The summed E-state index contributed by atoms with van der Waals surface area (Å²) in [5, 5.41) is 3.25. The highest BCUT2D eigenvalue weighted by molar-refractivity contribution is 9.10. The number of nitrogens with zero attached hydrogens (tertiary/aromatic N) is 2. The van der Waals surface area contributed by atoms with E-state index in [2.05, 4.69) is 62.9 Å². The van der Waals surface area contributed by atoms with E-state index in [0.29, 0.717) is 5.92 Å². The number of hydrogen-bond acceptors (Lipinski definition) is 3. The van der Waals surface area contributed by atoms with Gasteiger partial charge in [0.2, 0.25) is 0 Å². The Balaban J connectivity index is 1.94. The minimum atomic E-state index is 0.314. The molecule has 0 fully saturated rings. The van der Waals surface area contributed by atoms with Crippen LogP contribution in [0.25, 0.3) is 10.9 Å². The van der Waals surface area contributed by atoms with Crippen LogP contribution in [-0.2, 0) is 0 Å². The van der Waals surface area contributed by atoms with Gasteiger partial charge in [0.1, 0.15) is 15.5 Å². The Kier molecular flexibility index (Phi) is 3.81. The van der Waals surface area contributed by atoms with E-state index in [-0.39, 0.29) is 0 Å². The van der Waals surface area contributed by atoms with Crippen molar-refractivity contribution in [1.82, 2.24) is 15.0 Å². The number of para-hydroxylation sites is 1. The second kappa shape index (κ2) is 5.58. The number of nitrogens with one attached hydrogen (secondary N) is 1. The average molecular weight is 348 g/mol. The Morgan fingerprint density at radius 3 is 2.70 bits per heavy atom. The summed E-state index contributed by atoms with van der Waals surface area (Å²) in [5.74, 6) is 1.17. The molecular weight excluding hydrogens is 334 g/mol. The van der Waals surface area contributed by atoms with Crippen LogP contribution < -0.4 is 0 Å². The van der Waals surface area contributed by atoms with Crippen molar-refractivity contribution in [2.45, 2.75) is 29.8 Å². The number of H-pyrrole nitrogens is 1. The van der Waals surface area contributed by atoms with Gasteiger partial charge in [0, 0.05) is 22.9 Å². The summed E-state index contributed by atoms with van der Waals surface area (Å²) >= 11 is 5.08. The van der Waals surface area contributed by atoms with Gasteiger partial charge in [-0.25, -0.2) is 9.97 Å². The minimum Gasteiger partial charge on any atom is -0.349 e. The van der Waals surface area contributed by atoms with Crippen molar-refractivity contribution in [3.63, 3.8) is 0 Å². The average Bonchev–Trinajstić information content (AvgIpc) is 2.79. The summed E-state index contributed by atoms with van der Waals surface area (Å²) in [5.41, 5.74) is 1.15. The molecule has 102 valence electrons. The molecule has 0 aliphatic rings. The van der Waals surface area contributed by atoms with Crippen LogP contribution in [0.2, 0.25) is 0 Å². The number of aromatic amines is 1. The van der Waals surface area contributed by atoms with Crippen LogP contribution >= 0.6 is 27.7 Å². The van der Waals surface area contributed by atoms with E-state index in [1.165, 1.54) is 5.39 Å². The lowest BCUT2D eigenvalue weighted by atomic mass is 10.2. The fraction of sp³-hybridized carbons (Fsp3) is 0.200. The zero-order valence-corrected chi connectivity index (χ0v) is 13.6. The summed E-state index contributed by atoms with van der Waals surface area (Å²) < 4.78 is 0.829. The van der Waals surface area contributed by atoms with Gasteiger partial charge in [-0.3, -0.25) is 0 Å². The number of rotatable bonds is 3. The topological polar surface area (TPSA) is 41.6 Å². The zero-order chi connectivity index (χ0) is 14.1. The molecule has 1 aromatic carbocycles. The lowest BCUT2D eigenvalue weighted by Crippen LogP contribution is -1.98. The molecule has 0 aliphatic carbocycles. The molecule has 0 amide bonds. The molecule has 0 saturated heterocycles. The minimum absolute atomic E-state index is 0.314. The standard InChI is InChI=1S/C15H14BrN3S/c1-9(2)15-18-12(16)8-14(19-15)20-13-7-10-5-3-4-6-11(10)17-13/h3-9,17H,1-2H3. The predicted molar refractivity (Wildman–Crippen MR) is 86.2 cm³/mol. The monoisotopic (exact) mass is 347 g/mol.